The van der Waals surface area contributed by atoms with Gasteiger partial charge in [0.15, 0.2) is 6.10 Å². The van der Waals surface area contributed by atoms with Crippen molar-refractivity contribution in [1.82, 2.24) is 10.2 Å². The fraction of sp³-hybridized carbons (Fsp3) is 0.111. The molecule has 1 aliphatic heterocycles. The number of hydrogen-bond acceptors (Lipinski definition) is 3. The van der Waals surface area contributed by atoms with Crippen molar-refractivity contribution in [2.75, 3.05) is 5.32 Å². The summed E-state index contributed by atoms with van der Waals surface area (Å²) in [6, 6.07) is 17.3. The number of anilines is 1. The SMILES string of the molecule is O=C(Nc1cccc(-c2ccn[nH]2)c1)[C@@H]1Cc2ccccc2O1. The lowest BCUT2D eigenvalue weighted by Crippen LogP contribution is -2.31. The van der Waals surface area contributed by atoms with Gasteiger partial charge in [-0.25, -0.2) is 0 Å². The molecule has 2 aromatic carbocycles. The van der Waals surface area contributed by atoms with Crippen LogP contribution in [0.4, 0.5) is 5.69 Å². The third kappa shape index (κ3) is 2.68. The monoisotopic (exact) mass is 305 g/mol. The first-order valence-electron chi connectivity index (χ1n) is 7.45. The summed E-state index contributed by atoms with van der Waals surface area (Å²) in [5.74, 6) is 0.654. The second-order valence-electron chi connectivity index (χ2n) is 5.46. The number of aromatic nitrogens is 2. The van der Waals surface area contributed by atoms with Gasteiger partial charge < -0.3 is 10.1 Å². The minimum atomic E-state index is -0.483. The Hall–Kier alpha value is -3.08. The lowest BCUT2D eigenvalue weighted by atomic mass is 10.1. The molecular formula is C18H15N3O2. The molecule has 0 saturated carbocycles. The molecule has 1 aromatic heterocycles. The van der Waals surface area contributed by atoms with Crippen molar-refractivity contribution in [3.8, 4) is 17.0 Å². The Balaban J connectivity index is 1.49. The Kier molecular flexibility index (Phi) is 3.31. The number of amides is 1. The maximum absolute atomic E-state index is 12.4. The Morgan fingerprint density at radius 3 is 2.91 bits per heavy atom. The van der Waals surface area contributed by atoms with Gasteiger partial charge in [0.05, 0.1) is 5.69 Å². The lowest BCUT2D eigenvalue weighted by molar-refractivity contribution is -0.122. The van der Waals surface area contributed by atoms with Crippen molar-refractivity contribution in [2.45, 2.75) is 12.5 Å². The minimum absolute atomic E-state index is 0.136. The summed E-state index contributed by atoms with van der Waals surface area (Å²) in [5, 5.41) is 9.78. The molecule has 0 fully saturated rings. The van der Waals surface area contributed by atoms with E-state index in [0.717, 1.165) is 28.3 Å². The molecule has 2 N–H and O–H groups in total. The number of benzene rings is 2. The van der Waals surface area contributed by atoms with Crippen molar-refractivity contribution in [2.24, 2.45) is 0 Å². The van der Waals surface area contributed by atoms with Crippen LogP contribution in [0.1, 0.15) is 5.56 Å². The average Bonchev–Trinajstić information content (AvgIpc) is 3.24. The van der Waals surface area contributed by atoms with Crippen molar-refractivity contribution in [3.63, 3.8) is 0 Å². The van der Waals surface area contributed by atoms with Crippen LogP contribution in [0, 0.1) is 0 Å². The molecule has 0 aliphatic carbocycles. The maximum Gasteiger partial charge on any atom is 0.265 e. The van der Waals surface area contributed by atoms with Crippen LogP contribution in [0.5, 0.6) is 5.75 Å². The number of fused-ring (bicyclic) bond motifs is 1. The van der Waals surface area contributed by atoms with E-state index in [1.54, 1.807) is 6.20 Å². The first-order chi connectivity index (χ1) is 11.3. The summed E-state index contributed by atoms with van der Waals surface area (Å²) < 4.78 is 5.72. The molecule has 1 amide bonds. The zero-order chi connectivity index (χ0) is 15.6. The number of hydrogen-bond donors (Lipinski definition) is 2. The Morgan fingerprint density at radius 2 is 2.09 bits per heavy atom. The number of H-pyrrole nitrogens is 1. The first kappa shape index (κ1) is 13.6. The summed E-state index contributed by atoms with van der Waals surface area (Å²) in [6.07, 6.45) is 1.81. The van der Waals surface area contributed by atoms with Crippen LogP contribution in [-0.2, 0) is 11.2 Å². The topological polar surface area (TPSA) is 67.0 Å². The Bertz CT molecular complexity index is 818. The van der Waals surface area contributed by atoms with Crippen LogP contribution in [0.15, 0.2) is 60.8 Å². The van der Waals surface area contributed by atoms with Crippen LogP contribution in [0.2, 0.25) is 0 Å². The quantitative estimate of drug-likeness (QED) is 0.781. The summed E-state index contributed by atoms with van der Waals surface area (Å²) in [6.45, 7) is 0. The number of nitrogens with one attached hydrogen (secondary N) is 2. The third-order valence-electron chi connectivity index (χ3n) is 3.88. The van der Waals surface area contributed by atoms with E-state index in [0.29, 0.717) is 6.42 Å². The Morgan fingerprint density at radius 1 is 1.17 bits per heavy atom. The number of para-hydroxylation sites is 1. The average molecular weight is 305 g/mol. The van der Waals surface area contributed by atoms with E-state index in [2.05, 4.69) is 15.5 Å². The van der Waals surface area contributed by atoms with Crippen molar-refractivity contribution in [3.05, 3.63) is 66.4 Å². The van der Waals surface area contributed by atoms with E-state index in [1.165, 1.54) is 0 Å². The second-order valence-corrected chi connectivity index (χ2v) is 5.46. The summed E-state index contributed by atoms with van der Waals surface area (Å²) in [4.78, 5) is 12.4. The van der Waals surface area contributed by atoms with Gasteiger partial charge in [0.25, 0.3) is 5.91 Å². The normalized spacial score (nSPS) is 15.7. The summed E-state index contributed by atoms with van der Waals surface area (Å²) in [5.41, 5.74) is 3.68. The molecule has 5 heteroatoms. The number of nitrogens with zero attached hydrogens (tertiary/aromatic N) is 1. The predicted octanol–water partition coefficient (Wildman–Crippen LogP) is 3.02. The third-order valence-corrected chi connectivity index (χ3v) is 3.88. The van der Waals surface area contributed by atoms with Crippen LogP contribution in [0.3, 0.4) is 0 Å². The maximum atomic E-state index is 12.4. The molecule has 5 nitrogen and oxygen atoms in total. The molecule has 114 valence electrons. The molecule has 2 heterocycles. The summed E-state index contributed by atoms with van der Waals surface area (Å²) >= 11 is 0. The van der Waals surface area contributed by atoms with E-state index >= 15 is 0 Å². The van der Waals surface area contributed by atoms with E-state index < -0.39 is 6.10 Å². The molecule has 1 aliphatic rings. The highest BCUT2D eigenvalue weighted by atomic mass is 16.5. The first-order valence-corrected chi connectivity index (χ1v) is 7.45. The molecule has 0 spiro atoms. The highest BCUT2D eigenvalue weighted by molar-refractivity contribution is 5.95. The minimum Gasteiger partial charge on any atom is -0.480 e. The zero-order valence-electron chi connectivity index (χ0n) is 12.3. The van der Waals surface area contributed by atoms with E-state index in [-0.39, 0.29) is 5.91 Å². The molecule has 1 atom stereocenters. The molecule has 4 rings (SSSR count). The lowest BCUT2D eigenvalue weighted by Gasteiger charge is -2.12. The largest absolute Gasteiger partial charge is 0.480 e. The standard InChI is InChI=1S/C18H15N3O2/c22-18(17-11-13-4-1-2-7-16(13)23-17)20-14-6-3-5-12(10-14)15-8-9-19-21-15/h1-10,17H,11H2,(H,19,21)(H,20,22)/t17-/m0/s1. The van der Waals surface area contributed by atoms with E-state index in [4.69, 9.17) is 4.74 Å². The van der Waals surface area contributed by atoms with Crippen LogP contribution in [0.25, 0.3) is 11.3 Å². The highest BCUT2D eigenvalue weighted by Crippen LogP contribution is 2.29. The van der Waals surface area contributed by atoms with Crippen molar-refractivity contribution < 1.29 is 9.53 Å². The van der Waals surface area contributed by atoms with Gasteiger partial charge in [-0.2, -0.15) is 5.10 Å². The van der Waals surface area contributed by atoms with E-state index in [1.807, 2.05) is 54.6 Å². The van der Waals surface area contributed by atoms with Gasteiger partial charge in [-0.3, -0.25) is 9.89 Å². The molecule has 0 radical (unpaired) electrons. The van der Waals surface area contributed by atoms with E-state index in [9.17, 15) is 4.79 Å². The van der Waals surface area contributed by atoms with Crippen molar-refractivity contribution >= 4 is 11.6 Å². The van der Waals surface area contributed by atoms with Crippen LogP contribution in [-0.4, -0.2) is 22.2 Å². The van der Waals surface area contributed by atoms with Gasteiger partial charge in [0, 0.05) is 23.9 Å². The number of rotatable bonds is 3. The zero-order valence-corrected chi connectivity index (χ0v) is 12.3. The van der Waals surface area contributed by atoms with Gasteiger partial charge in [0.2, 0.25) is 0 Å². The number of ether oxygens (including phenoxy) is 1. The molecule has 0 saturated heterocycles. The smallest absolute Gasteiger partial charge is 0.265 e. The molecule has 0 bridgehead atoms. The van der Waals surface area contributed by atoms with Gasteiger partial charge in [-0.15, -0.1) is 0 Å². The molecule has 0 unspecified atom stereocenters. The summed E-state index contributed by atoms with van der Waals surface area (Å²) in [7, 11) is 0. The second kappa shape index (κ2) is 5.61. The van der Waals surface area contributed by atoms with Crippen LogP contribution >= 0.6 is 0 Å². The number of carbonyl (C=O) groups excluding carboxylic acids is 1. The number of carbonyl (C=O) groups is 1. The fourth-order valence-corrected chi connectivity index (χ4v) is 2.73. The van der Waals surface area contributed by atoms with Gasteiger partial charge in [-0.05, 0) is 29.8 Å². The number of aromatic amines is 1. The molecule has 23 heavy (non-hydrogen) atoms. The van der Waals surface area contributed by atoms with Crippen molar-refractivity contribution in [1.29, 1.82) is 0 Å². The highest BCUT2D eigenvalue weighted by Gasteiger charge is 2.28. The molecule has 3 aromatic rings. The van der Waals surface area contributed by atoms with Gasteiger partial charge in [0.1, 0.15) is 5.75 Å². The van der Waals surface area contributed by atoms with Gasteiger partial charge >= 0.3 is 0 Å². The Labute approximate surface area is 133 Å². The van der Waals surface area contributed by atoms with Crippen LogP contribution < -0.4 is 10.1 Å². The fourth-order valence-electron chi connectivity index (χ4n) is 2.73. The molecular weight excluding hydrogens is 290 g/mol. The predicted molar refractivity (Wildman–Crippen MR) is 87.2 cm³/mol. The van der Waals surface area contributed by atoms with Gasteiger partial charge in [-0.1, -0.05) is 30.3 Å².